The van der Waals surface area contributed by atoms with Gasteiger partial charge in [-0.3, -0.25) is 0 Å². The van der Waals surface area contributed by atoms with Gasteiger partial charge in [-0.1, -0.05) is 6.92 Å². The SMILES string of the molecule is CCCOCCNc1cc(F)c(F)cc1F. The molecule has 0 aliphatic rings. The number of nitrogens with one attached hydrogen (secondary N) is 1. The Morgan fingerprint density at radius 1 is 1.06 bits per heavy atom. The highest BCUT2D eigenvalue weighted by molar-refractivity contribution is 5.45. The zero-order chi connectivity index (χ0) is 12.0. The smallest absolute Gasteiger partial charge is 0.161 e. The lowest BCUT2D eigenvalue weighted by Crippen LogP contribution is -2.11. The molecule has 2 nitrogen and oxygen atoms in total. The maximum Gasteiger partial charge on any atom is 0.161 e. The monoisotopic (exact) mass is 233 g/mol. The molecule has 5 heteroatoms. The fourth-order valence-corrected chi connectivity index (χ4v) is 1.16. The molecule has 0 atom stereocenters. The molecule has 1 aromatic rings. The van der Waals surface area contributed by atoms with Gasteiger partial charge in [0, 0.05) is 25.3 Å². The van der Waals surface area contributed by atoms with Crippen molar-refractivity contribution in [2.75, 3.05) is 25.1 Å². The maximum absolute atomic E-state index is 13.1. The molecule has 0 bridgehead atoms. The van der Waals surface area contributed by atoms with E-state index in [0.29, 0.717) is 25.8 Å². The molecule has 0 aromatic heterocycles. The Balaban J connectivity index is 2.45. The summed E-state index contributed by atoms with van der Waals surface area (Å²) in [6.45, 7) is 3.35. The van der Waals surface area contributed by atoms with Crippen LogP contribution in [0.25, 0.3) is 0 Å². The summed E-state index contributed by atoms with van der Waals surface area (Å²) in [6, 6.07) is 1.31. The van der Waals surface area contributed by atoms with Crippen LogP contribution >= 0.6 is 0 Å². The largest absolute Gasteiger partial charge is 0.380 e. The van der Waals surface area contributed by atoms with Gasteiger partial charge in [0.15, 0.2) is 11.6 Å². The Morgan fingerprint density at radius 3 is 2.44 bits per heavy atom. The summed E-state index contributed by atoms with van der Waals surface area (Å²) in [6.07, 6.45) is 0.902. The summed E-state index contributed by atoms with van der Waals surface area (Å²) in [5.74, 6) is -3.07. The van der Waals surface area contributed by atoms with Crippen molar-refractivity contribution in [1.29, 1.82) is 0 Å². The Morgan fingerprint density at radius 2 is 1.75 bits per heavy atom. The van der Waals surface area contributed by atoms with E-state index in [9.17, 15) is 13.2 Å². The van der Waals surface area contributed by atoms with Crippen LogP contribution in [0, 0.1) is 17.5 Å². The molecule has 0 aliphatic heterocycles. The molecule has 0 heterocycles. The highest BCUT2D eigenvalue weighted by Gasteiger charge is 2.08. The number of ether oxygens (including phenoxy) is 1. The molecule has 0 amide bonds. The van der Waals surface area contributed by atoms with Crippen LogP contribution in [-0.4, -0.2) is 19.8 Å². The van der Waals surface area contributed by atoms with E-state index in [1.807, 2.05) is 6.92 Å². The van der Waals surface area contributed by atoms with E-state index in [1.54, 1.807) is 0 Å². The Hall–Kier alpha value is -1.23. The standard InChI is InChI=1S/C11H14F3NO/c1-2-4-16-5-3-15-11-7-9(13)8(12)6-10(11)14/h6-7,15H,2-5H2,1H3. The molecule has 0 fully saturated rings. The van der Waals surface area contributed by atoms with Crippen LogP contribution in [-0.2, 0) is 4.74 Å². The molecular formula is C11H14F3NO. The second kappa shape index (κ2) is 6.37. The number of benzene rings is 1. The van der Waals surface area contributed by atoms with Crippen molar-refractivity contribution in [2.45, 2.75) is 13.3 Å². The van der Waals surface area contributed by atoms with E-state index in [1.165, 1.54) is 0 Å². The molecular weight excluding hydrogens is 219 g/mol. The lowest BCUT2D eigenvalue weighted by atomic mass is 10.3. The highest BCUT2D eigenvalue weighted by atomic mass is 19.2. The average Bonchev–Trinajstić information content (AvgIpc) is 2.25. The normalized spacial score (nSPS) is 10.5. The van der Waals surface area contributed by atoms with Crippen molar-refractivity contribution in [3.05, 3.63) is 29.6 Å². The fourth-order valence-electron chi connectivity index (χ4n) is 1.16. The summed E-state index contributed by atoms with van der Waals surface area (Å²) in [5.41, 5.74) is -0.0565. The van der Waals surface area contributed by atoms with Gasteiger partial charge in [0.25, 0.3) is 0 Å². The molecule has 0 saturated carbocycles. The van der Waals surface area contributed by atoms with E-state index >= 15 is 0 Å². The van der Waals surface area contributed by atoms with Crippen molar-refractivity contribution in [2.24, 2.45) is 0 Å². The minimum atomic E-state index is -1.19. The zero-order valence-electron chi connectivity index (χ0n) is 9.03. The molecule has 0 unspecified atom stereocenters. The minimum absolute atomic E-state index is 0.0565. The van der Waals surface area contributed by atoms with Gasteiger partial charge in [0.1, 0.15) is 5.82 Å². The first kappa shape index (κ1) is 12.8. The van der Waals surface area contributed by atoms with Crippen molar-refractivity contribution in [1.82, 2.24) is 0 Å². The summed E-state index contributed by atoms with van der Waals surface area (Å²) < 4.78 is 43.6. The van der Waals surface area contributed by atoms with Gasteiger partial charge in [0.2, 0.25) is 0 Å². The van der Waals surface area contributed by atoms with E-state index in [0.717, 1.165) is 12.5 Å². The molecule has 16 heavy (non-hydrogen) atoms. The van der Waals surface area contributed by atoms with Crippen molar-refractivity contribution in [3.63, 3.8) is 0 Å². The van der Waals surface area contributed by atoms with Gasteiger partial charge in [0.05, 0.1) is 12.3 Å². The lowest BCUT2D eigenvalue weighted by molar-refractivity contribution is 0.144. The van der Waals surface area contributed by atoms with E-state index < -0.39 is 17.5 Å². The summed E-state index contributed by atoms with van der Waals surface area (Å²) in [7, 11) is 0. The van der Waals surface area contributed by atoms with E-state index in [2.05, 4.69) is 5.32 Å². The first-order valence-electron chi connectivity index (χ1n) is 5.11. The first-order valence-corrected chi connectivity index (χ1v) is 5.11. The quantitative estimate of drug-likeness (QED) is 0.602. The topological polar surface area (TPSA) is 21.3 Å². The van der Waals surface area contributed by atoms with E-state index in [-0.39, 0.29) is 5.69 Å². The molecule has 1 aromatic carbocycles. The number of halogens is 3. The van der Waals surface area contributed by atoms with Crippen LogP contribution in [0.2, 0.25) is 0 Å². The summed E-state index contributed by atoms with van der Waals surface area (Å²) >= 11 is 0. The third-order valence-electron chi connectivity index (χ3n) is 1.92. The Labute approximate surface area is 92.4 Å². The molecule has 1 rings (SSSR count). The first-order chi connectivity index (χ1) is 7.65. The van der Waals surface area contributed by atoms with Gasteiger partial charge in [-0.2, -0.15) is 0 Å². The van der Waals surface area contributed by atoms with Crippen LogP contribution in [0.4, 0.5) is 18.9 Å². The minimum Gasteiger partial charge on any atom is -0.380 e. The van der Waals surface area contributed by atoms with Gasteiger partial charge in [-0.15, -0.1) is 0 Å². The molecule has 0 radical (unpaired) electrons. The Kier molecular flexibility index (Phi) is 5.11. The van der Waals surface area contributed by atoms with Gasteiger partial charge >= 0.3 is 0 Å². The fraction of sp³-hybridized carbons (Fsp3) is 0.455. The summed E-state index contributed by atoms with van der Waals surface area (Å²) in [5, 5.41) is 2.63. The second-order valence-corrected chi connectivity index (χ2v) is 3.29. The second-order valence-electron chi connectivity index (χ2n) is 3.29. The highest BCUT2D eigenvalue weighted by Crippen LogP contribution is 2.17. The van der Waals surface area contributed by atoms with Crippen molar-refractivity contribution in [3.8, 4) is 0 Å². The van der Waals surface area contributed by atoms with Crippen molar-refractivity contribution >= 4 is 5.69 Å². The van der Waals surface area contributed by atoms with E-state index in [4.69, 9.17) is 4.74 Å². The van der Waals surface area contributed by atoms with Gasteiger partial charge in [-0.25, -0.2) is 13.2 Å². The zero-order valence-corrected chi connectivity index (χ0v) is 9.03. The average molecular weight is 233 g/mol. The molecule has 0 saturated heterocycles. The summed E-state index contributed by atoms with van der Waals surface area (Å²) in [4.78, 5) is 0. The van der Waals surface area contributed by atoms with Crippen LogP contribution in [0.15, 0.2) is 12.1 Å². The molecule has 0 spiro atoms. The lowest BCUT2D eigenvalue weighted by Gasteiger charge is -2.08. The van der Waals surface area contributed by atoms with Crippen LogP contribution in [0.5, 0.6) is 0 Å². The maximum atomic E-state index is 13.1. The number of hydrogen-bond acceptors (Lipinski definition) is 2. The predicted octanol–water partition coefficient (Wildman–Crippen LogP) is 2.94. The van der Waals surface area contributed by atoms with Crippen LogP contribution in [0.1, 0.15) is 13.3 Å². The molecule has 1 N–H and O–H groups in total. The number of hydrogen-bond donors (Lipinski definition) is 1. The Bertz CT molecular complexity index is 344. The third kappa shape index (κ3) is 3.73. The van der Waals surface area contributed by atoms with Crippen molar-refractivity contribution < 1.29 is 17.9 Å². The molecule has 0 aliphatic carbocycles. The third-order valence-corrected chi connectivity index (χ3v) is 1.92. The van der Waals surface area contributed by atoms with Gasteiger partial charge < -0.3 is 10.1 Å². The van der Waals surface area contributed by atoms with Gasteiger partial charge in [-0.05, 0) is 6.42 Å². The van der Waals surface area contributed by atoms with Crippen LogP contribution < -0.4 is 5.32 Å². The molecule has 90 valence electrons. The number of anilines is 1. The predicted molar refractivity (Wildman–Crippen MR) is 55.9 cm³/mol. The van der Waals surface area contributed by atoms with Crippen LogP contribution in [0.3, 0.4) is 0 Å². The number of rotatable bonds is 6.